The Morgan fingerprint density at radius 1 is 1.31 bits per heavy atom. The van der Waals surface area contributed by atoms with Crippen LogP contribution in [0.3, 0.4) is 0 Å². The average Bonchev–Trinajstić information content (AvgIpc) is 3.45. The second-order valence-corrected chi connectivity index (χ2v) is 7.85. The highest BCUT2D eigenvalue weighted by atomic mass is 16.5. The number of carbonyl (C=O) groups is 1. The first-order valence-electron chi connectivity index (χ1n) is 10.8. The van der Waals surface area contributed by atoms with Crippen LogP contribution in [0.15, 0.2) is 34.9 Å². The molecule has 2 aliphatic heterocycles. The van der Waals surface area contributed by atoms with Gasteiger partial charge in [0, 0.05) is 50.2 Å². The Bertz CT molecular complexity index is 1130. The average molecular weight is 435 g/mol. The van der Waals surface area contributed by atoms with Crippen LogP contribution < -0.4 is 15.1 Å². The first-order valence-corrected chi connectivity index (χ1v) is 10.8. The van der Waals surface area contributed by atoms with Crippen LogP contribution in [0.5, 0.6) is 0 Å². The highest BCUT2D eigenvalue weighted by molar-refractivity contribution is 6.10. The molecule has 10 nitrogen and oxygen atoms in total. The number of rotatable bonds is 6. The molecule has 0 aliphatic carbocycles. The molecule has 1 N–H and O–H groups in total. The van der Waals surface area contributed by atoms with Gasteiger partial charge in [0.2, 0.25) is 17.7 Å². The Labute approximate surface area is 185 Å². The lowest BCUT2D eigenvalue weighted by atomic mass is 10.1. The fourth-order valence-electron chi connectivity index (χ4n) is 4.31. The molecule has 32 heavy (non-hydrogen) atoms. The van der Waals surface area contributed by atoms with Crippen LogP contribution >= 0.6 is 0 Å². The SMILES string of the molecule is CCNc1ncc2c(n1)N1CCCC1CN(c1cccc(-c3nnc(COC)o3)c1)C2=O. The molecule has 2 aromatic heterocycles. The predicted octanol–water partition coefficient (Wildman–Crippen LogP) is 2.73. The monoisotopic (exact) mass is 435 g/mol. The van der Waals surface area contributed by atoms with Crippen LogP contribution in [0.1, 0.15) is 36.0 Å². The van der Waals surface area contributed by atoms with Crippen molar-refractivity contribution in [2.75, 3.05) is 41.9 Å². The van der Waals surface area contributed by atoms with Gasteiger partial charge < -0.3 is 24.3 Å². The summed E-state index contributed by atoms with van der Waals surface area (Å²) < 4.78 is 10.7. The molecule has 10 heteroatoms. The third kappa shape index (κ3) is 3.66. The van der Waals surface area contributed by atoms with Crippen LogP contribution in [-0.4, -0.2) is 58.9 Å². The fraction of sp³-hybridized carbons (Fsp3) is 0.409. The molecule has 2 aliphatic rings. The van der Waals surface area contributed by atoms with Gasteiger partial charge in [-0.05, 0) is 38.0 Å². The van der Waals surface area contributed by atoms with Crippen molar-refractivity contribution in [3.63, 3.8) is 0 Å². The zero-order valence-electron chi connectivity index (χ0n) is 18.1. The van der Waals surface area contributed by atoms with Gasteiger partial charge in [0.15, 0.2) is 0 Å². The van der Waals surface area contributed by atoms with Crippen molar-refractivity contribution >= 4 is 23.4 Å². The van der Waals surface area contributed by atoms with Crippen molar-refractivity contribution in [3.05, 3.63) is 41.9 Å². The van der Waals surface area contributed by atoms with E-state index in [2.05, 4.69) is 30.4 Å². The maximum absolute atomic E-state index is 13.6. The zero-order valence-corrected chi connectivity index (χ0v) is 18.1. The van der Waals surface area contributed by atoms with Crippen LogP contribution in [0, 0.1) is 0 Å². The van der Waals surface area contributed by atoms with E-state index in [4.69, 9.17) is 9.15 Å². The summed E-state index contributed by atoms with van der Waals surface area (Å²) in [6.07, 6.45) is 3.71. The third-order valence-electron chi connectivity index (χ3n) is 5.76. The van der Waals surface area contributed by atoms with Crippen LogP contribution in [0.25, 0.3) is 11.5 Å². The molecule has 0 bridgehead atoms. The molecule has 3 aromatic rings. The largest absolute Gasteiger partial charge is 0.418 e. The molecule has 0 radical (unpaired) electrons. The van der Waals surface area contributed by atoms with Crippen LogP contribution in [-0.2, 0) is 11.3 Å². The van der Waals surface area contributed by atoms with Crippen LogP contribution in [0.4, 0.5) is 17.5 Å². The minimum Gasteiger partial charge on any atom is -0.418 e. The van der Waals surface area contributed by atoms with Crippen molar-refractivity contribution in [2.24, 2.45) is 0 Å². The molecule has 4 heterocycles. The van der Waals surface area contributed by atoms with E-state index in [-0.39, 0.29) is 18.6 Å². The first kappa shape index (κ1) is 20.4. The van der Waals surface area contributed by atoms with Gasteiger partial charge in [0.25, 0.3) is 5.91 Å². The second-order valence-electron chi connectivity index (χ2n) is 7.85. The van der Waals surface area contributed by atoms with Crippen molar-refractivity contribution in [1.82, 2.24) is 20.2 Å². The third-order valence-corrected chi connectivity index (χ3v) is 5.76. The molecule has 1 saturated heterocycles. The molecular formula is C22H25N7O3. The number of anilines is 3. The lowest BCUT2D eigenvalue weighted by Gasteiger charge is -2.27. The van der Waals surface area contributed by atoms with E-state index in [0.717, 1.165) is 37.2 Å². The lowest BCUT2D eigenvalue weighted by Crippen LogP contribution is -2.39. The molecule has 166 valence electrons. The molecule has 0 spiro atoms. The van der Waals surface area contributed by atoms with E-state index < -0.39 is 0 Å². The standard InChI is InChI=1S/C22H25N7O3/c1-3-23-22-24-11-17-19(25-22)28-9-5-8-16(28)12-29(21(17)30)15-7-4-6-14(10-15)20-27-26-18(32-20)13-31-2/h4,6-7,10-11,16H,3,5,8-9,12-13H2,1-2H3,(H,23,24,25). The van der Waals surface area contributed by atoms with Crippen molar-refractivity contribution < 1.29 is 13.9 Å². The molecular weight excluding hydrogens is 410 g/mol. The molecule has 1 fully saturated rings. The van der Waals surface area contributed by atoms with Crippen molar-refractivity contribution in [3.8, 4) is 11.5 Å². The maximum Gasteiger partial charge on any atom is 0.263 e. The Hall–Kier alpha value is -3.53. The van der Waals surface area contributed by atoms with Gasteiger partial charge in [-0.3, -0.25) is 4.79 Å². The van der Waals surface area contributed by atoms with E-state index in [1.54, 1.807) is 18.2 Å². The molecule has 1 atom stereocenters. The van der Waals surface area contributed by atoms with Crippen molar-refractivity contribution in [1.29, 1.82) is 0 Å². The van der Waals surface area contributed by atoms with Gasteiger partial charge in [0.05, 0.1) is 0 Å². The van der Waals surface area contributed by atoms with E-state index in [0.29, 0.717) is 35.7 Å². The Morgan fingerprint density at radius 2 is 2.22 bits per heavy atom. The van der Waals surface area contributed by atoms with Crippen molar-refractivity contribution in [2.45, 2.75) is 32.4 Å². The predicted molar refractivity (Wildman–Crippen MR) is 119 cm³/mol. The fourth-order valence-corrected chi connectivity index (χ4v) is 4.31. The van der Waals surface area contributed by atoms with Gasteiger partial charge in [-0.15, -0.1) is 10.2 Å². The highest BCUT2D eigenvalue weighted by Crippen LogP contribution is 2.35. The Kier molecular flexibility index (Phi) is 5.44. The molecule has 1 unspecified atom stereocenters. The van der Waals surface area contributed by atoms with E-state index in [1.807, 2.05) is 31.2 Å². The topological polar surface area (TPSA) is 110 Å². The normalized spacial score (nSPS) is 17.8. The number of methoxy groups -OCH3 is 1. The van der Waals surface area contributed by atoms with Gasteiger partial charge in [-0.25, -0.2) is 4.98 Å². The van der Waals surface area contributed by atoms with Gasteiger partial charge in [-0.1, -0.05) is 6.07 Å². The number of amides is 1. The maximum atomic E-state index is 13.6. The number of hydrogen-bond acceptors (Lipinski definition) is 9. The molecule has 5 rings (SSSR count). The van der Waals surface area contributed by atoms with Gasteiger partial charge in [0.1, 0.15) is 18.0 Å². The summed E-state index contributed by atoms with van der Waals surface area (Å²) in [5, 5.41) is 11.3. The summed E-state index contributed by atoms with van der Waals surface area (Å²) in [6, 6.07) is 7.80. The molecule has 0 saturated carbocycles. The highest BCUT2D eigenvalue weighted by Gasteiger charge is 2.37. The smallest absolute Gasteiger partial charge is 0.263 e. The summed E-state index contributed by atoms with van der Waals surface area (Å²) in [5.41, 5.74) is 2.03. The Balaban J connectivity index is 1.52. The lowest BCUT2D eigenvalue weighted by molar-refractivity contribution is 0.0988. The van der Waals surface area contributed by atoms with E-state index in [1.165, 1.54) is 0 Å². The number of carbonyl (C=O) groups excluding carboxylic acids is 1. The van der Waals surface area contributed by atoms with Gasteiger partial charge in [-0.2, -0.15) is 4.98 Å². The van der Waals surface area contributed by atoms with E-state index >= 15 is 0 Å². The molecule has 1 aromatic carbocycles. The molecule has 1 amide bonds. The number of nitrogens with one attached hydrogen (secondary N) is 1. The second kappa shape index (κ2) is 8.54. The first-order chi connectivity index (χ1) is 15.7. The minimum atomic E-state index is -0.111. The summed E-state index contributed by atoms with van der Waals surface area (Å²) in [4.78, 5) is 26.7. The number of benzene rings is 1. The summed E-state index contributed by atoms with van der Waals surface area (Å²) in [7, 11) is 1.57. The number of ether oxygens (including phenoxy) is 1. The minimum absolute atomic E-state index is 0.111. The summed E-state index contributed by atoms with van der Waals surface area (Å²) >= 11 is 0. The summed E-state index contributed by atoms with van der Waals surface area (Å²) in [5.74, 6) is 1.94. The van der Waals surface area contributed by atoms with E-state index in [9.17, 15) is 4.79 Å². The quantitative estimate of drug-likeness (QED) is 0.625. The number of hydrogen-bond donors (Lipinski definition) is 1. The number of fused-ring (bicyclic) bond motifs is 3. The Morgan fingerprint density at radius 3 is 3.06 bits per heavy atom. The van der Waals surface area contributed by atoms with Gasteiger partial charge >= 0.3 is 0 Å². The number of aromatic nitrogens is 4. The zero-order chi connectivity index (χ0) is 22.1. The van der Waals surface area contributed by atoms with Crippen LogP contribution in [0.2, 0.25) is 0 Å². The summed E-state index contributed by atoms with van der Waals surface area (Å²) in [6.45, 7) is 4.42. The number of nitrogens with zero attached hydrogens (tertiary/aromatic N) is 6.